The molecule has 0 amide bonds. The van der Waals surface area contributed by atoms with E-state index in [1.807, 2.05) is 67.1 Å². The summed E-state index contributed by atoms with van der Waals surface area (Å²) in [6.07, 6.45) is 5.47. The van der Waals surface area contributed by atoms with Crippen LogP contribution in [-0.2, 0) is 10.8 Å². The maximum atomic E-state index is 4.98. The Hall–Kier alpha value is -7.82. The van der Waals surface area contributed by atoms with E-state index in [0.29, 0.717) is 0 Å². The minimum Gasteiger partial charge on any atom is -0.256 e. The first-order valence-corrected chi connectivity index (χ1v) is 22.1. The lowest BCUT2D eigenvalue weighted by Crippen LogP contribution is -2.18. The van der Waals surface area contributed by atoms with E-state index < -0.39 is 0 Å². The molecule has 4 heteroatoms. The molecule has 4 heterocycles. The van der Waals surface area contributed by atoms with Crippen molar-refractivity contribution in [2.45, 2.75) is 38.5 Å². The number of fused-ring (bicyclic) bond motifs is 9. The first kappa shape index (κ1) is 37.9. The molecule has 2 aliphatic rings. The standard InChI is InChI=1S/C60H44N4/c1-59(2)50-33-41(37-14-16-39(17-15-37)43-35-55(53-12-6-9-31-62-53)64-56(36-43)54-13-7-10-32-63-54)22-24-44(50)46-26-28-49-48(57(46)59)29-27-47-45-25-23-42(34-51(45)60(3,4)58(47)49)38-18-20-40(21-19-38)52-11-5-8-30-61-52/h5-36H,1-4H3. The lowest BCUT2D eigenvalue weighted by atomic mass is 9.76. The van der Waals surface area contributed by atoms with Crippen LogP contribution in [0.25, 0.3) is 100 Å². The van der Waals surface area contributed by atoms with Crippen LogP contribution in [0.1, 0.15) is 49.9 Å². The van der Waals surface area contributed by atoms with Crippen LogP contribution in [0.3, 0.4) is 0 Å². The van der Waals surface area contributed by atoms with Crippen LogP contribution >= 0.6 is 0 Å². The van der Waals surface area contributed by atoms with E-state index in [9.17, 15) is 0 Å². The summed E-state index contributed by atoms with van der Waals surface area (Å²) < 4.78 is 0. The normalized spacial score (nSPS) is 13.9. The Morgan fingerprint density at radius 1 is 0.297 bits per heavy atom. The van der Waals surface area contributed by atoms with Gasteiger partial charge in [-0.25, -0.2) is 4.98 Å². The lowest BCUT2D eigenvalue weighted by Gasteiger charge is -2.27. The van der Waals surface area contributed by atoms with Gasteiger partial charge in [0.2, 0.25) is 0 Å². The number of benzene rings is 6. The van der Waals surface area contributed by atoms with Crippen molar-refractivity contribution < 1.29 is 0 Å². The number of aromatic nitrogens is 4. The van der Waals surface area contributed by atoms with Gasteiger partial charge < -0.3 is 0 Å². The molecule has 0 N–H and O–H groups in total. The Balaban J connectivity index is 0.871. The molecule has 304 valence electrons. The molecule has 0 fully saturated rings. The van der Waals surface area contributed by atoms with Gasteiger partial charge in [0.1, 0.15) is 0 Å². The highest BCUT2D eigenvalue weighted by Crippen LogP contribution is 2.57. The molecule has 0 saturated heterocycles. The average Bonchev–Trinajstić information content (AvgIpc) is 3.73. The van der Waals surface area contributed by atoms with Gasteiger partial charge in [-0.3, -0.25) is 15.0 Å². The highest BCUT2D eigenvalue weighted by atomic mass is 14.8. The predicted molar refractivity (Wildman–Crippen MR) is 263 cm³/mol. The molecule has 0 spiro atoms. The van der Waals surface area contributed by atoms with Gasteiger partial charge in [-0.2, -0.15) is 0 Å². The molecular formula is C60H44N4. The Labute approximate surface area is 374 Å². The first-order valence-electron chi connectivity index (χ1n) is 22.1. The van der Waals surface area contributed by atoms with E-state index in [-0.39, 0.29) is 10.8 Å². The van der Waals surface area contributed by atoms with Gasteiger partial charge in [0.25, 0.3) is 0 Å². The molecule has 4 aromatic heterocycles. The molecule has 0 unspecified atom stereocenters. The third-order valence-electron chi connectivity index (χ3n) is 13.8. The van der Waals surface area contributed by atoms with Crippen LogP contribution in [0.15, 0.2) is 195 Å². The fourth-order valence-electron chi connectivity index (χ4n) is 10.6. The maximum Gasteiger partial charge on any atom is 0.0900 e. The van der Waals surface area contributed by atoms with Gasteiger partial charge in [-0.05, 0) is 149 Å². The second kappa shape index (κ2) is 14.4. The zero-order valence-corrected chi connectivity index (χ0v) is 36.3. The molecule has 2 aliphatic carbocycles. The highest BCUT2D eigenvalue weighted by molar-refractivity contribution is 6.04. The second-order valence-electron chi connectivity index (χ2n) is 18.3. The number of hydrogen-bond acceptors (Lipinski definition) is 4. The Morgan fingerprint density at radius 2 is 0.672 bits per heavy atom. The van der Waals surface area contributed by atoms with Gasteiger partial charge in [0, 0.05) is 35.0 Å². The van der Waals surface area contributed by atoms with Gasteiger partial charge in [-0.1, -0.05) is 143 Å². The molecule has 10 aromatic rings. The zero-order valence-electron chi connectivity index (χ0n) is 36.3. The Bertz CT molecular complexity index is 3390. The first-order chi connectivity index (χ1) is 31.2. The molecule has 0 atom stereocenters. The van der Waals surface area contributed by atoms with Gasteiger partial charge in [-0.15, -0.1) is 0 Å². The van der Waals surface area contributed by atoms with Crippen molar-refractivity contribution in [1.29, 1.82) is 0 Å². The van der Waals surface area contributed by atoms with Crippen molar-refractivity contribution in [2.24, 2.45) is 0 Å². The summed E-state index contributed by atoms with van der Waals surface area (Å²) >= 11 is 0. The van der Waals surface area contributed by atoms with Crippen LogP contribution < -0.4 is 0 Å². The van der Waals surface area contributed by atoms with Crippen LogP contribution in [0.2, 0.25) is 0 Å². The Morgan fingerprint density at radius 3 is 1.09 bits per heavy atom. The van der Waals surface area contributed by atoms with E-state index >= 15 is 0 Å². The molecule has 0 aliphatic heterocycles. The monoisotopic (exact) mass is 820 g/mol. The molecule has 0 bridgehead atoms. The van der Waals surface area contributed by atoms with Crippen molar-refractivity contribution >= 4 is 10.8 Å². The van der Waals surface area contributed by atoms with E-state index in [4.69, 9.17) is 4.98 Å². The van der Waals surface area contributed by atoms with E-state index in [2.05, 4.69) is 170 Å². The fourth-order valence-corrected chi connectivity index (χ4v) is 10.6. The van der Waals surface area contributed by atoms with Crippen LogP contribution in [0.4, 0.5) is 0 Å². The summed E-state index contributed by atoms with van der Waals surface area (Å²) in [5.74, 6) is 0. The summed E-state index contributed by atoms with van der Waals surface area (Å²) in [5, 5.41) is 2.70. The summed E-state index contributed by atoms with van der Waals surface area (Å²) in [6, 6.07) is 63.6. The lowest BCUT2D eigenvalue weighted by molar-refractivity contribution is 0.661. The molecule has 64 heavy (non-hydrogen) atoms. The molecule has 6 aromatic carbocycles. The van der Waals surface area contributed by atoms with E-state index in [1.165, 1.54) is 77.5 Å². The molecule has 4 nitrogen and oxygen atoms in total. The summed E-state index contributed by atoms with van der Waals surface area (Å²) in [6.45, 7) is 9.63. The summed E-state index contributed by atoms with van der Waals surface area (Å²) in [4.78, 5) is 18.7. The minimum atomic E-state index is -0.195. The van der Waals surface area contributed by atoms with E-state index in [1.54, 1.807) is 0 Å². The van der Waals surface area contributed by atoms with Gasteiger partial charge in [0.05, 0.1) is 28.5 Å². The van der Waals surface area contributed by atoms with Gasteiger partial charge >= 0.3 is 0 Å². The SMILES string of the molecule is CC1(C)c2cc(-c3ccc(-c4cc(-c5ccccn5)nc(-c5ccccn5)c4)cc3)ccc2-c2ccc3c4c(ccc3c21)-c1ccc(-c2ccc(-c3ccccn3)cc2)cc1C4(C)C. The average molecular weight is 821 g/mol. The topological polar surface area (TPSA) is 51.6 Å². The van der Waals surface area contributed by atoms with Crippen LogP contribution in [-0.4, -0.2) is 19.9 Å². The minimum absolute atomic E-state index is 0.173. The quantitative estimate of drug-likeness (QED) is 0.168. The molecule has 0 saturated carbocycles. The maximum absolute atomic E-state index is 4.98. The largest absolute Gasteiger partial charge is 0.256 e. The Kier molecular flexibility index (Phi) is 8.51. The summed E-state index contributed by atoms with van der Waals surface area (Å²) in [5.41, 5.74) is 23.0. The third-order valence-corrected chi connectivity index (χ3v) is 13.8. The fraction of sp³-hybridized carbons (Fsp3) is 0.100. The van der Waals surface area contributed by atoms with Crippen molar-refractivity contribution in [3.8, 4) is 89.7 Å². The van der Waals surface area contributed by atoms with Crippen molar-refractivity contribution in [3.05, 3.63) is 217 Å². The number of rotatable bonds is 6. The predicted octanol–water partition coefficient (Wildman–Crippen LogP) is 15.0. The molecule has 12 rings (SSSR count). The second-order valence-corrected chi connectivity index (χ2v) is 18.3. The molecule has 0 radical (unpaired) electrons. The highest BCUT2D eigenvalue weighted by Gasteiger charge is 2.41. The molecular weight excluding hydrogens is 777 g/mol. The van der Waals surface area contributed by atoms with Crippen LogP contribution in [0.5, 0.6) is 0 Å². The number of hydrogen-bond donors (Lipinski definition) is 0. The van der Waals surface area contributed by atoms with Crippen LogP contribution in [0, 0.1) is 0 Å². The third kappa shape index (κ3) is 5.97. The summed E-state index contributed by atoms with van der Waals surface area (Å²) in [7, 11) is 0. The number of pyridine rings is 4. The van der Waals surface area contributed by atoms with E-state index in [0.717, 1.165) is 45.2 Å². The smallest absolute Gasteiger partial charge is 0.0900 e. The number of nitrogens with zero attached hydrogens (tertiary/aromatic N) is 4. The zero-order chi connectivity index (χ0) is 43.2. The van der Waals surface area contributed by atoms with Gasteiger partial charge in [0.15, 0.2) is 0 Å². The van der Waals surface area contributed by atoms with Crippen molar-refractivity contribution in [1.82, 2.24) is 19.9 Å². The van der Waals surface area contributed by atoms with Crippen molar-refractivity contribution in [2.75, 3.05) is 0 Å². The van der Waals surface area contributed by atoms with Crippen molar-refractivity contribution in [3.63, 3.8) is 0 Å².